The third kappa shape index (κ3) is 4.21. The molecule has 1 N–H and O–H groups in total. The van der Waals surface area contributed by atoms with Crippen LogP contribution < -0.4 is 10.2 Å². The molecular formula is C18H31N3. The SMILES string of the molecule is CCNCc1cc(C)ccc1N1CCN(C(C)CC)CC1. The van der Waals surface area contributed by atoms with Crippen molar-refractivity contribution in [2.24, 2.45) is 0 Å². The van der Waals surface area contributed by atoms with Gasteiger partial charge in [-0.3, -0.25) is 4.90 Å². The van der Waals surface area contributed by atoms with Crippen LogP contribution >= 0.6 is 0 Å². The van der Waals surface area contributed by atoms with Gasteiger partial charge >= 0.3 is 0 Å². The van der Waals surface area contributed by atoms with Gasteiger partial charge in [0.15, 0.2) is 0 Å². The molecular weight excluding hydrogens is 258 g/mol. The lowest BCUT2D eigenvalue weighted by Gasteiger charge is -2.39. The number of nitrogens with zero attached hydrogens (tertiary/aromatic N) is 2. The van der Waals surface area contributed by atoms with E-state index in [1.54, 1.807) is 0 Å². The molecule has 0 amide bonds. The Hall–Kier alpha value is -1.06. The molecule has 0 spiro atoms. The number of hydrogen-bond acceptors (Lipinski definition) is 3. The predicted octanol–water partition coefficient (Wildman–Crippen LogP) is 3.03. The van der Waals surface area contributed by atoms with Crippen LogP contribution in [0.1, 0.15) is 38.3 Å². The van der Waals surface area contributed by atoms with Crippen molar-refractivity contribution in [3.8, 4) is 0 Å². The van der Waals surface area contributed by atoms with E-state index >= 15 is 0 Å². The third-order valence-corrected chi connectivity index (χ3v) is 4.67. The van der Waals surface area contributed by atoms with Gasteiger partial charge in [0.05, 0.1) is 0 Å². The van der Waals surface area contributed by atoms with Crippen molar-refractivity contribution in [1.29, 1.82) is 0 Å². The van der Waals surface area contributed by atoms with Gasteiger partial charge in [-0.15, -0.1) is 0 Å². The Kier molecular flexibility index (Phi) is 6.07. The molecule has 1 atom stereocenters. The van der Waals surface area contributed by atoms with Crippen molar-refractivity contribution in [3.05, 3.63) is 29.3 Å². The van der Waals surface area contributed by atoms with Crippen molar-refractivity contribution < 1.29 is 0 Å². The Morgan fingerprint density at radius 2 is 1.86 bits per heavy atom. The molecule has 3 nitrogen and oxygen atoms in total. The monoisotopic (exact) mass is 289 g/mol. The summed E-state index contributed by atoms with van der Waals surface area (Å²) in [5.74, 6) is 0. The van der Waals surface area contributed by atoms with E-state index in [2.05, 4.69) is 61.0 Å². The number of benzene rings is 1. The third-order valence-electron chi connectivity index (χ3n) is 4.67. The standard InChI is InChI=1S/C18H31N3/c1-5-16(4)20-9-11-21(12-10-20)18-8-7-15(3)13-17(18)14-19-6-2/h7-8,13,16,19H,5-6,9-12,14H2,1-4H3. The van der Waals surface area contributed by atoms with Gasteiger partial charge in [-0.05, 0) is 38.4 Å². The summed E-state index contributed by atoms with van der Waals surface area (Å²) in [7, 11) is 0. The Morgan fingerprint density at radius 3 is 2.48 bits per heavy atom. The molecule has 1 unspecified atom stereocenters. The molecule has 0 aromatic heterocycles. The first kappa shape index (κ1) is 16.3. The van der Waals surface area contributed by atoms with Crippen LogP contribution in [0.25, 0.3) is 0 Å². The van der Waals surface area contributed by atoms with Crippen LogP contribution in [0.15, 0.2) is 18.2 Å². The largest absolute Gasteiger partial charge is 0.369 e. The number of aryl methyl sites for hydroxylation is 1. The van der Waals surface area contributed by atoms with E-state index in [-0.39, 0.29) is 0 Å². The molecule has 1 aromatic rings. The average molecular weight is 289 g/mol. The van der Waals surface area contributed by atoms with Crippen molar-refractivity contribution in [1.82, 2.24) is 10.2 Å². The summed E-state index contributed by atoms with van der Waals surface area (Å²) in [6.45, 7) is 15.6. The molecule has 1 aliphatic heterocycles. The summed E-state index contributed by atoms with van der Waals surface area (Å²) in [5.41, 5.74) is 4.21. The van der Waals surface area contributed by atoms with E-state index in [9.17, 15) is 0 Å². The second-order valence-corrected chi connectivity index (χ2v) is 6.19. The smallest absolute Gasteiger partial charge is 0.0412 e. The Labute approximate surface area is 130 Å². The maximum Gasteiger partial charge on any atom is 0.0412 e. The molecule has 118 valence electrons. The van der Waals surface area contributed by atoms with E-state index in [0.29, 0.717) is 6.04 Å². The van der Waals surface area contributed by atoms with Gasteiger partial charge in [0.25, 0.3) is 0 Å². The second-order valence-electron chi connectivity index (χ2n) is 6.19. The molecule has 1 fully saturated rings. The van der Waals surface area contributed by atoms with Crippen LogP contribution in [-0.2, 0) is 6.54 Å². The van der Waals surface area contributed by atoms with Gasteiger partial charge in [0.1, 0.15) is 0 Å². The Balaban J connectivity index is 2.05. The first-order valence-electron chi connectivity index (χ1n) is 8.45. The molecule has 1 aliphatic rings. The molecule has 0 bridgehead atoms. The lowest BCUT2D eigenvalue weighted by molar-refractivity contribution is 0.192. The highest BCUT2D eigenvalue weighted by Gasteiger charge is 2.21. The first-order chi connectivity index (χ1) is 10.2. The highest BCUT2D eigenvalue weighted by atomic mass is 15.3. The maximum absolute atomic E-state index is 3.47. The first-order valence-corrected chi connectivity index (χ1v) is 8.45. The highest BCUT2D eigenvalue weighted by Crippen LogP contribution is 2.24. The molecule has 21 heavy (non-hydrogen) atoms. The normalized spacial score (nSPS) is 18.0. The van der Waals surface area contributed by atoms with Crippen molar-refractivity contribution in [2.75, 3.05) is 37.6 Å². The summed E-state index contributed by atoms with van der Waals surface area (Å²) in [4.78, 5) is 5.18. The van der Waals surface area contributed by atoms with Crippen LogP contribution in [0, 0.1) is 6.92 Å². The number of rotatable bonds is 6. The van der Waals surface area contributed by atoms with Crippen molar-refractivity contribution in [3.63, 3.8) is 0 Å². The van der Waals surface area contributed by atoms with E-state index in [1.807, 2.05) is 0 Å². The topological polar surface area (TPSA) is 18.5 Å². The molecule has 1 heterocycles. The number of nitrogens with one attached hydrogen (secondary N) is 1. The molecule has 0 aliphatic carbocycles. The minimum atomic E-state index is 0.714. The molecule has 3 heteroatoms. The Morgan fingerprint density at radius 1 is 1.14 bits per heavy atom. The summed E-state index contributed by atoms with van der Waals surface area (Å²) >= 11 is 0. The molecule has 0 saturated carbocycles. The van der Waals surface area contributed by atoms with Gasteiger partial charge in [0.2, 0.25) is 0 Å². The summed E-state index contributed by atoms with van der Waals surface area (Å²) in [6, 6.07) is 7.59. The van der Waals surface area contributed by atoms with Gasteiger partial charge < -0.3 is 10.2 Å². The van der Waals surface area contributed by atoms with Crippen LogP contribution in [0.4, 0.5) is 5.69 Å². The average Bonchev–Trinajstić information content (AvgIpc) is 2.52. The van der Waals surface area contributed by atoms with Gasteiger partial charge in [0, 0.05) is 44.5 Å². The van der Waals surface area contributed by atoms with E-state index in [0.717, 1.165) is 26.2 Å². The zero-order valence-corrected chi connectivity index (χ0v) is 14.2. The zero-order valence-electron chi connectivity index (χ0n) is 14.2. The minimum Gasteiger partial charge on any atom is -0.369 e. The van der Waals surface area contributed by atoms with E-state index in [1.165, 1.54) is 36.3 Å². The summed E-state index contributed by atoms with van der Waals surface area (Å²) < 4.78 is 0. The molecule has 1 saturated heterocycles. The molecule has 2 rings (SSSR count). The van der Waals surface area contributed by atoms with Crippen LogP contribution in [0.5, 0.6) is 0 Å². The lowest BCUT2D eigenvalue weighted by Crippen LogP contribution is -2.49. The van der Waals surface area contributed by atoms with E-state index < -0.39 is 0 Å². The van der Waals surface area contributed by atoms with Crippen molar-refractivity contribution >= 4 is 5.69 Å². The number of piperazine rings is 1. The fraction of sp³-hybridized carbons (Fsp3) is 0.667. The van der Waals surface area contributed by atoms with Crippen molar-refractivity contribution in [2.45, 2.75) is 46.7 Å². The lowest BCUT2D eigenvalue weighted by atomic mass is 10.1. The quantitative estimate of drug-likeness (QED) is 0.868. The van der Waals surface area contributed by atoms with Gasteiger partial charge in [-0.1, -0.05) is 31.5 Å². The van der Waals surface area contributed by atoms with Crippen LogP contribution in [0.3, 0.4) is 0 Å². The molecule has 1 aromatic carbocycles. The number of hydrogen-bond donors (Lipinski definition) is 1. The van der Waals surface area contributed by atoms with Crippen LogP contribution in [0.2, 0.25) is 0 Å². The Bertz CT molecular complexity index is 436. The molecule has 0 radical (unpaired) electrons. The maximum atomic E-state index is 3.47. The minimum absolute atomic E-state index is 0.714. The number of anilines is 1. The summed E-state index contributed by atoms with van der Waals surface area (Å²) in [5, 5.41) is 3.47. The second kappa shape index (κ2) is 7.81. The summed E-state index contributed by atoms with van der Waals surface area (Å²) in [6.07, 6.45) is 1.25. The van der Waals surface area contributed by atoms with Gasteiger partial charge in [-0.2, -0.15) is 0 Å². The van der Waals surface area contributed by atoms with Gasteiger partial charge in [-0.25, -0.2) is 0 Å². The fourth-order valence-corrected chi connectivity index (χ4v) is 3.09. The van der Waals surface area contributed by atoms with Crippen LogP contribution in [-0.4, -0.2) is 43.7 Å². The van der Waals surface area contributed by atoms with E-state index in [4.69, 9.17) is 0 Å². The zero-order chi connectivity index (χ0) is 15.2. The fourth-order valence-electron chi connectivity index (χ4n) is 3.09. The highest BCUT2D eigenvalue weighted by molar-refractivity contribution is 5.55. The predicted molar refractivity (Wildman–Crippen MR) is 92.1 cm³/mol.